The highest BCUT2D eigenvalue weighted by Gasteiger charge is 2.40. The number of anilines is 1. The van der Waals surface area contributed by atoms with Gasteiger partial charge in [-0.15, -0.1) is 0 Å². The van der Waals surface area contributed by atoms with Gasteiger partial charge in [-0.2, -0.15) is 0 Å². The molecule has 0 radical (unpaired) electrons. The number of nitrogens with zero attached hydrogens (tertiary/aromatic N) is 2. The van der Waals surface area contributed by atoms with Crippen molar-refractivity contribution in [3.8, 4) is 0 Å². The number of carbonyl (C=O) groups is 2. The minimum Gasteiger partial charge on any atom is -0.366 e. The molecule has 0 aliphatic carbocycles. The Labute approximate surface area is 134 Å². The van der Waals surface area contributed by atoms with E-state index in [2.05, 4.69) is 5.32 Å². The summed E-state index contributed by atoms with van der Waals surface area (Å²) in [5.41, 5.74) is 0.261. The van der Waals surface area contributed by atoms with Crippen LogP contribution in [0.5, 0.6) is 0 Å². The molecule has 2 saturated heterocycles. The van der Waals surface area contributed by atoms with Crippen LogP contribution in [0.3, 0.4) is 0 Å². The number of carbonyl (C=O) groups excluding carboxylic acids is 2. The number of ether oxygens (including phenoxy) is 1. The molecular weight excluding hydrogens is 301 g/mol. The fraction of sp³-hybridized carbons (Fsp3) is 0.500. The number of amides is 2. The van der Waals surface area contributed by atoms with Gasteiger partial charge in [-0.25, -0.2) is 4.39 Å². The molecule has 2 heterocycles. The van der Waals surface area contributed by atoms with E-state index in [1.807, 2.05) is 0 Å². The van der Waals surface area contributed by atoms with Crippen LogP contribution in [0.15, 0.2) is 24.3 Å². The summed E-state index contributed by atoms with van der Waals surface area (Å²) in [6, 6.07) is 5.60. The van der Waals surface area contributed by atoms with Gasteiger partial charge in [0.1, 0.15) is 18.0 Å². The zero-order chi connectivity index (χ0) is 16.4. The Kier molecular flexibility index (Phi) is 4.58. The van der Waals surface area contributed by atoms with Gasteiger partial charge in [0.2, 0.25) is 5.91 Å². The summed E-state index contributed by atoms with van der Waals surface area (Å²) in [6.45, 7) is 2.04. The highest BCUT2D eigenvalue weighted by atomic mass is 19.1. The van der Waals surface area contributed by atoms with Gasteiger partial charge in [0, 0.05) is 26.7 Å². The molecule has 1 aromatic carbocycles. The van der Waals surface area contributed by atoms with Gasteiger partial charge >= 0.3 is 0 Å². The molecule has 23 heavy (non-hydrogen) atoms. The van der Waals surface area contributed by atoms with Crippen molar-refractivity contribution in [1.82, 2.24) is 10.2 Å². The molecule has 0 aromatic heterocycles. The van der Waals surface area contributed by atoms with Crippen molar-refractivity contribution in [3.05, 3.63) is 30.1 Å². The number of rotatable bonds is 3. The third-order valence-electron chi connectivity index (χ3n) is 4.34. The van der Waals surface area contributed by atoms with Gasteiger partial charge < -0.3 is 19.9 Å². The summed E-state index contributed by atoms with van der Waals surface area (Å²) >= 11 is 0. The number of hydrogen-bond donors (Lipinski definition) is 1. The lowest BCUT2D eigenvalue weighted by molar-refractivity contribution is -0.148. The van der Waals surface area contributed by atoms with Gasteiger partial charge in [0.25, 0.3) is 5.91 Å². The van der Waals surface area contributed by atoms with Crippen molar-refractivity contribution in [3.63, 3.8) is 0 Å². The maximum absolute atomic E-state index is 13.9. The molecule has 2 aliphatic rings. The predicted molar refractivity (Wildman–Crippen MR) is 82.5 cm³/mol. The van der Waals surface area contributed by atoms with E-state index in [-0.39, 0.29) is 17.5 Å². The van der Waals surface area contributed by atoms with Crippen LogP contribution in [-0.4, -0.2) is 62.1 Å². The normalized spacial score (nSPS) is 24.8. The van der Waals surface area contributed by atoms with Crippen LogP contribution in [0.2, 0.25) is 0 Å². The molecule has 3 rings (SSSR count). The number of halogens is 1. The summed E-state index contributed by atoms with van der Waals surface area (Å²) < 4.78 is 19.3. The Morgan fingerprint density at radius 1 is 1.43 bits per heavy atom. The molecule has 6 nitrogen and oxygen atoms in total. The van der Waals surface area contributed by atoms with Crippen molar-refractivity contribution in [2.75, 3.05) is 38.2 Å². The van der Waals surface area contributed by atoms with Crippen molar-refractivity contribution >= 4 is 17.5 Å². The summed E-state index contributed by atoms with van der Waals surface area (Å²) in [5.74, 6) is -0.907. The van der Waals surface area contributed by atoms with Crippen molar-refractivity contribution in [1.29, 1.82) is 0 Å². The average Bonchev–Trinajstić information content (AvgIpc) is 2.96. The van der Waals surface area contributed by atoms with Crippen LogP contribution in [0.25, 0.3) is 0 Å². The second-order valence-corrected chi connectivity index (χ2v) is 5.76. The van der Waals surface area contributed by atoms with E-state index in [1.165, 1.54) is 15.9 Å². The minimum atomic E-state index is -0.576. The number of morpholine rings is 1. The first-order valence-electron chi connectivity index (χ1n) is 7.74. The Hall–Kier alpha value is -1.99. The molecule has 0 saturated carbocycles. The molecule has 2 fully saturated rings. The Morgan fingerprint density at radius 2 is 2.22 bits per heavy atom. The Balaban J connectivity index is 1.71. The van der Waals surface area contributed by atoms with E-state index in [0.29, 0.717) is 26.1 Å². The van der Waals surface area contributed by atoms with Crippen LogP contribution < -0.4 is 10.2 Å². The molecule has 0 spiro atoms. The van der Waals surface area contributed by atoms with E-state index >= 15 is 0 Å². The van der Waals surface area contributed by atoms with Gasteiger partial charge in [-0.1, -0.05) is 12.1 Å². The van der Waals surface area contributed by atoms with Gasteiger partial charge in [-0.3, -0.25) is 9.59 Å². The van der Waals surface area contributed by atoms with E-state index in [9.17, 15) is 14.0 Å². The highest BCUT2D eigenvalue weighted by molar-refractivity contribution is 6.01. The zero-order valence-electron chi connectivity index (χ0n) is 13.0. The fourth-order valence-electron chi connectivity index (χ4n) is 3.04. The first-order chi connectivity index (χ1) is 11.1. The first kappa shape index (κ1) is 15.9. The van der Waals surface area contributed by atoms with E-state index < -0.39 is 18.0 Å². The molecule has 2 atom stereocenters. The molecule has 2 aliphatic heterocycles. The molecule has 7 heteroatoms. The second kappa shape index (κ2) is 6.64. The Bertz CT molecular complexity index is 604. The van der Waals surface area contributed by atoms with Crippen LogP contribution in [0.4, 0.5) is 10.1 Å². The average molecular weight is 321 g/mol. The minimum absolute atomic E-state index is 0.217. The summed E-state index contributed by atoms with van der Waals surface area (Å²) in [7, 11) is 1.60. The molecular formula is C16H20FN3O3. The smallest absolute Gasteiger partial charge is 0.253 e. The lowest BCUT2D eigenvalue weighted by Crippen LogP contribution is -2.52. The standard InChI is InChI=1S/C16H20FN3O3/c1-19(16(22)14-10-18-7-9-23-14)13-6-8-20(15(13)21)12-5-3-2-4-11(12)17/h2-5,13-14,18H,6-10H2,1H3. The quantitative estimate of drug-likeness (QED) is 0.874. The van der Waals surface area contributed by atoms with Crippen molar-refractivity contribution in [2.45, 2.75) is 18.6 Å². The molecule has 1 N–H and O–H groups in total. The van der Waals surface area contributed by atoms with E-state index in [1.54, 1.807) is 25.2 Å². The lowest BCUT2D eigenvalue weighted by Gasteiger charge is -2.30. The maximum atomic E-state index is 13.9. The summed E-state index contributed by atoms with van der Waals surface area (Å²) in [6.07, 6.45) is -0.0840. The molecule has 0 bridgehead atoms. The van der Waals surface area contributed by atoms with E-state index in [4.69, 9.17) is 4.74 Å². The topological polar surface area (TPSA) is 61.9 Å². The predicted octanol–water partition coefficient (Wildman–Crippen LogP) is 0.378. The molecule has 124 valence electrons. The number of likely N-dealkylation sites (N-methyl/N-ethyl adjacent to an activating group) is 1. The second-order valence-electron chi connectivity index (χ2n) is 5.76. The van der Waals surface area contributed by atoms with Gasteiger partial charge in [0.05, 0.1) is 12.3 Å². The van der Waals surface area contributed by atoms with Gasteiger partial charge in [0.15, 0.2) is 0 Å². The first-order valence-corrected chi connectivity index (χ1v) is 7.74. The van der Waals surface area contributed by atoms with Crippen LogP contribution >= 0.6 is 0 Å². The molecule has 2 amide bonds. The fourth-order valence-corrected chi connectivity index (χ4v) is 3.04. The van der Waals surface area contributed by atoms with Gasteiger partial charge in [-0.05, 0) is 18.6 Å². The number of hydrogen-bond acceptors (Lipinski definition) is 4. The SMILES string of the molecule is CN(C(=O)C1CNCCO1)C1CCN(c2ccccc2F)C1=O. The third kappa shape index (κ3) is 3.07. The summed E-state index contributed by atoms with van der Waals surface area (Å²) in [4.78, 5) is 27.9. The number of benzene rings is 1. The monoisotopic (exact) mass is 321 g/mol. The Morgan fingerprint density at radius 3 is 2.91 bits per heavy atom. The van der Waals surface area contributed by atoms with E-state index in [0.717, 1.165) is 6.54 Å². The highest BCUT2D eigenvalue weighted by Crippen LogP contribution is 2.26. The van der Waals surface area contributed by atoms with Crippen LogP contribution in [0, 0.1) is 5.82 Å². The summed E-state index contributed by atoms with van der Waals surface area (Å²) in [5, 5.41) is 3.10. The maximum Gasteiger partial charge on any atom is 0.253 e. The molecule has 2 unspecified atom stereocenters. The third-order valence-corrected chi connectivity index (χ3v) is 4.34. The number of nitrogens with one attached hydrogen (secondary N) is 1. The number of para-hydroxylation sites is 1. The largest absolute Gasteiger partial charge is 0.366 e. The van der Waals surface area contributed by atoms with Crippen LogP contribution in [0.1, 0.15) is 6.42 Å². The van der Waals surface area contributed by atoms with Crippen molar-refractivity contribution in [2.24, 2.45) is 0 Å². The van der Waals surface area contributed by atoms with Crippen LogP contribution in [-0.2, 0) is 14.3 Å². The lowest BCUT2D eigenvalue weighted by atomic mass is 10.2. The zero-order valence-corrected chi connectivity index (χ0v) is 13.0. The van der Waals surface area contributed by atoms with Crippen molar-refractivity contribution < 1.29 is 18.7 Å². The molecule has 1 aromatic rings.